The van der Waals surface area contributed by atoms with Crippen LogP contribution in [0.25, 0.3) is 0 Å². The first kappa shape index (κ1) is 14.8. The van der Waals surface area contributed by atoms with Gasteiger partial charge in [0.15, 0.2) is 0 Å². The van der Waals surface area contributed by atoms with Gasteiger partial charge in [-0.25, -0.2) is 4.79 Å². The first-order valence-corrected chi connectivity index (χ1v) is 7.32. The number of nitro benzene ring substituents is 1. The molecule has 0 radical (unpaired) electrons. The summed E-state index contributed by atoms with van der Waals surface area (Å²) in [4.78, 5) is 22.7. The van der Waals surface area contributed by atoms with E-state index in [0.29, 0.717) is 4.90 Å². The highest BCUT2D eigenvalue weighted by Gasteiger charge is 2.12. The van der Waals surface area contributed by atoms with Crippen molar-refractivity contribution in [3.63, 3.8) is 0 Å². The largest absolute Gasteiger partial charge is 0.478 e. The highest BCUT2D eigenvalue weighted by molar-refractivity contribution is 14.1. The number of nitro groups is 1. The minimum absolute atomic E-state index is 0.00965. The van der Waals surface area contributed by atoms with Crippen molar-refractivity contribution in [1.29, 1.82) is 0 Å². The number of aromatic carboxylic acids is 1. The lowest BCUT2D eigenvalue weighted by atomic mass is 10.2. The molecule has 0 atom stereocenters. The van der Waals surface area contributed by atoms with Crippen molar-refractivity contribution < 1.29 is 14.8 Å². The van der Waals surface area contributed by atoms with E-state index in [0.717, 1.165) is 8.47 Å². The van der Waals surface area contributed by atoms with Gasteiger partial charge < -0.3 is 5.11 Å². The third-order valence-electron chi connectivity index (χ3n) is 2.45. The van der Waals surface area contributed by atoms with E-state index in [4.69, 9.17) is 0 Å². The van der Waals surface area contributed by atoms with Crippen molar-refractivity contribution in [2.45, 2.75) is 9.79 Å². The van der Waals surface area contributed by atoms with Gasteiger partial charge in [-0.15, -0.1) is 0 Å². The predicted molar refractivity (Wildman–Crippen MR) is 83.3 cm³/mol. The molecule has 0 heterocycles. The van der Waals surface area contributed by atoms with Gasteiger partial charge in [0.25, 0.3) is 5.69 Å². The van der Waals surface area contributed by atoms with E-state index in [1.165, 1.54) is 23.9 Å². The molecule has 0 spiro atoms. The number of halogens is 1. The number of non-ortho nitro benzene ring substituents is 1. The number of carbonyl (C=O) groups is 1. The Morgan fingerprint density at radius 1 is 1.20 bits per heavy atom. The molecule has 0 saturated heterocycles. The first-order chi connectivity index (χ1) is 9.47. The van der Waals surface area contributed by atoms with Crippen LogP contribution in [0.4, 0.5) is 5.69 Å². The summed E-state index contributed by atoms with van der Waals surface area (Å²) in [5.74, 6) is -0.993. The molecule has 0 aromatic heterocycles. The van der Waals surface area contributed by atoms with Crippen molar-refractivity contribution in [1.82, 2.24) is 0 Å². The van der Waals surface area contributed by atoms with E-state index >= 15 is 0 Å². The smallest absolute Gasteiger partial charge is 0.336 e. The molecule has 102 valence electrons. The van der Waals surface area contributed by atoms with Crippen molar-refractivity contribution in [2.75, 3.05) is 0 Å². The minimum atomic E-state index is -0.993. The van der Waals surface area contributed by atoms with Crippen LogP contribution in [-0.2, 0) is 0 Å². The summed E-state index contributed by atoms with van der Waals surface area (Å²) in [5.41, 5.74) is 0.232. The SMILES string of the molecule is O=C(O)c1cc(I)ccc1Sc1ccc([N+](=O)[O-])cc1. The molecule has 0 aliphatic heterocycles. The Labute approximate surface area is 132 Å². The fourth-order valence-corrected chi connectivity index (χ4v) is 2.93. The van der Waals surface area contributed by atoms with Crippen molar-refractivity contribution in [3.8, 4) is 0 Å². The Morgan fingerprint density at radius 2 is 1.85 bits per heavy atom. The zero-order valence-corrected chi connectivity index (χ0v) is 12.9. The molecular formula is C13H8INO4S. The Morgan fingerprint density at radius 3 is 2.40 bits per heavy atom. The van der Waals surface area contributed by atoms with Gasteiger partial charge in [-0.1, -0.05) is 11.8 Å². The molecule has 0 amide bonds. The molecular weight excluding hydrogens is 393 g/mol. The number of hydrogen-bond acceptors (Lipinski definition) is 4. The van der Waals surface area contributed by atoms with Crippen LogP contribution in [0.15, 0.2) is 52.3 Å². The van der Waals surface area contributed by atoms with Gasteiger partial charge in [0, 0.05) is 25.5 Å². The summed E-state index contributed by atoms with van der Waals surface area (Å²) < 4.78 is 0.841. The highest BCUT2D eigenvalue weighted by atomic mass is 127. The average molecular weight is 401 g/mol. The molecule has 0 bridgehead atoms. The van der Waals surface area contributed by atoms with E-state index in [-0.39, 0.29) is 11.3 Å². The summed E-state index contributed by atoms with van der Waals surface area (Å²) in [6.45, 7) is 0. The average Bonchev–Trinajstić information content (AvgIpc) is 2.41. The van der Waals surface area contributed by atoms with Crippen molar-refractivity contribution in [3.05, 3.63) is 61.7 Å². The molecule has 0 saturated carbocycles. The molecule has 0 aliphatic rings. The molecule has 0 aliphatic carbocycles. The van der Waals surface area contributed by atoms with Crippen LogP contribution in [0.3, 0.4) is 0 Å². The number of benzene rings is 2. The zero-order chi connectivity index (χ0) is 14.7. The number of nitrogens with zero attached hydrogens (tertiary/aromatic N) is 1. The second kappa shape index (κ2) is 6.23. The second-order valence-electron chi connectivity index (χ2n) is 3.80. The second-order valence-corrected chi connectivity index (χ2v) is 6.16. The van der Waals surface area contributed by atoms with E-state index in [9.17, 15) is 20.0 Å². The first-order valence-electron chi connectivity index (χ1n) is 5.42. The molecule has 2 aromatic carbocycles. The normalized spacial score (nSPS) is 10.2. The quantitative estimate of drug-likeness (QED) is 0.475. The van der Waals surface area contributed by atoms with E-state index in [2.05, 4.69) is 22.6 Å². The predicted octanol–water partition coefficient (Wildman–Crippen LogP) is 4.05. The number of rotatable bonds is 4. The van der Waals surface area contributed by atoms with Crippen LogP contribution in [0.5, 0.6) is 0 Å². The molecule has 2 rings (SSSR count). The molecule has 20 heavy (non-hydrogen) atoms. The topological polar surface area (TPSA) is 80.4 Å². The van der Waals surface area contributed by atoms with Gasteiger partial charge in [-0.05, 0) is 52.9 Å². The third-order valence-corrected chi connectivity index (χ3v) is 4.20. The summed E-state index contributed by atoms with van der Waals surface area (Å²) in [6, 6.07) is 11.2. The summed E-state index contributed by atoms with van der Waals surface area (Å²) >= 11 is 3.32. The van der Waals surface area contributed by atoms with Gasteiger partial charge in [-0.2, -0.15) is 0 Å². The van der Waals surface area contributed by atoms with E-state index in [1.54, 1.807) is 24.3 Å². The van der Waals surface area contributed by atoms with Crippen LogP contribution < -0.4 is 0 Å². The lowest BCUT2D eigenvalue weighted by Crippen LogP contribution is -1.99. The Balaban J connectivity index is 2.30. The van der Waals surface area contributed by atoms with Gasteiger partial charge in [0.1, 0.15) is 0 Å². The molecule has 2 aromatic rings. The molecule has 1 N–H and O–H groups in total. The fraction of sp³-hybridized carbons (Fsp3) is 0. The lowest BCUT2D eigenvalue weighted by molar-refractivity contribution is -0.384. The van der Waals surface area contributed by atoms with Crippen LogP contribution in [0.1, 0.15) is 10.4 Å². The summed E-state index contributed by atoms with van der Waals surface area (Å²) in [6.07, 6.45) is 0. The van der Waals surface area contributed by atoms with Crippen molar-refractivity contribution in [2.24, 2.45) is 0 Å². The number of carboxylic acids is 1. The fourth-order valence-electron chi connectivity index (χ4n) is 1.52. The van der Waals surface area contributed by atoms with Gasteiger partial charge in [0.05, 0.1) is 10.5 Å². The van der Waals surface area contributed by atoms with Crippen LogP contribution in [0, 0.1) is 13.7 Å². The summed E-state index contributed by atoms with van der Waals surface area (Å²) in [7, 11) is 0. The van der Waals surface area contributed by atoms with Crippen LogP contribution >= 0.6 is 34.4 Å². The van der Waals surface area contributed by atoms with Crippen molar-refractivity contribution >= 4 is 46.0 Å². The van der Waals surface area contributed by atoms with Gasteiger partial charge in [0.2, 0.25) is 0 Å². The van der Waals surface area contributed by atoms with E-state index < -0.39 is 10.9 Å². The Hall–Kier alpha value is -1.61. The molecule has 5 nitrogen and oxygen atoms in total. The Bertz CT molecular complexity index is 673. The van der Waals surface area contributed by atoms with E-state index in [1.807, 2.05) is 6.07 Å². The van der Waals surface area contributed by atoms with Crippen LogP contribution in [-0.4, -0.2) is 16.0 Å². The van der Waals surface area contributed by atoms with Gasteiger partial charge in [-0.3, -0.25) is 10.1 Å². The summed E-state index contributed by atoms with van der Waals surface area (Å²) in [5, 5.41) is 19.8. The lowest BCUT2D eigenvalue weighted by Gasteiger charge is -2.06. The molecule has 0 unspecified atom stereocenters. The maximum atomic E-state index is 11.2. The standard InChI is InChI=1S/C13H8INO4S/c14-8-1-6-12(11(7-8)13(16)17)20-10-4-2-9(3-5-10)15(18)19/h1-7H,(H,16,17). The maximum Gasteiger partial charge on any atom is 0.336 e. The minimum Gasteiger partial charge on any atom is -0.478 e. The highest BCUT2D eigenvalue weighted by Crippen LogP contribution is 2.32. The monoisotopic (exact) mass is 401 g/mol. The zero-order valence-electron chi connectivity index (χ0n) is 9.95. The molecule has 0 fully saturated rings. The number of carboxylic acid groups (broad SMARTS) is 1. The number of hydrogen-bond donors (Lipinski definition) is 1. The molecule has 7 heteroatoms. The van der Waals surface area contributed by atoms with Gasteiger partial charge >= 0.3 is 5.97 Å². The van der Waals surface area contributed by atoms with Crippen LogP contribution in [0.2, 0.25) is 0 Å². The maximum absolute atomic E-state index is 11.2. The Kier molecular flexibility index (Phi) is 4.61. The third kappa shape index (κ3) is 3.48.